The summed E-state index contributed by atoms with van der Waals surface area (Å²) in [5.41, 5.74) is 4.69. The van der Waals surface area contributed by atoms with Crippen molar-refractivity contribution in [3.05, 3.63) is 46.5 Å². The van der Waals surface area contributed by atoms with E-state index in [1.165, 1.54) is 6.92 Å². The van der Waals surface area contributed by atoms with Crippen molar-refractivity contribution in [1.29, 1.82) is 0 Å². The predicted octanol–water partition coefficient (Wildman–Crippen LogP) is 0.949. The third kappa shape index (κ3) is 3.87. The normalized spacial score (nSPS) is 26.6. The Bertz CT molecular complexity index is 961. The Morgan fingerprint density at radius 3 is 2.23 bits per heavy atom. The summed E-state index contributed by atoms with van der Waals surface area (Å²) in [5.74, 6) is -3.61. The van der Waals surface area contributed by atoms with E-state index in [4.69, 9.17) is 4.74 Å². The lowest BCUT2D eigenvalue weighted by Crippen LogP contribution is -2.47. The first-order valence-corrected chi connectivity index (χ1v) is 10.6. The molecule has 0 radical (unpaired) electrons. The summed E-state index contributed by atoms with van der Waals surface area (Å²) in [6.45, 7) is 0.738. The number of imide groups is 1. The number of carbonyl (C=O) groups is 5. The third-order valence-corrected chi connectivity index (χ3v) is 6.53. The van der Waals surface area contributed by atoms with E-state index < -0.39 is 42.3 Å². The molecule has 1 saturated heterocycles. The first-order valence-electron chi connectivity index (χ1n) is 9.84. The number of hydrazine groups is 1. The zero-order valence-corrected chi connectivity index (χ0v) is 18.1. The number of likely N-dealkylation sites (tertiary alicyclic amines) is 1. The fourth-order valence-corrected chi connectivity index (χ4v) is 4.77. The van der Waals surface area contributed by atoms with Crippen LogP contribution in [0.15, 0.2) is 40.9 Å². The van der Waals surface area contributed by atoms with E-state index in [2.05, 4.69) is 26.8 Å². The van der Waals surface area contributed by atoms with Crippen molar-refractivity contribution in [2.75, 3.05) is 6.61 Å². The van der Waals surface area contributed by atoms with Gasteiger partial charge in [0.25, 0.3) is 11.8 Å². The number of amides is 4. The molecular weight excluding hydrogens is 470 g/mol. The van der Waals surface area contributed by atoms with E-state index in [0.717, 1.165) is 15.8 Å². The quantitative estimate of drug-likeness (QED) is 0.274. The zero-order chi connectivity index (χ0) is 22.3. The molecule has 10 heteroatoms. The first kappa shape index (κ1) is 21.2. The van der Waals surface area contributed by atoms with Crippen molar-refractivity contribution in [3.8, 4) is 0 Å². The molecule has 3 aliphatic rings. The van der Waals surface area contributed by atoms with Gasteiger partial charge in [-0.1, -0.05) is 28.1 Å². The number of nitrogens with zero attached hydrogens (tertiary/aromatic N) is 1. The van der Waals surface area contributed by atoms with Crippen molar-refractivity contribution in [1.82, 2.24) is 15.8 Å². The van der Waals surface area contributed by atoms with E-state index in [1.807, 2.05) is 12.2 Å². The van der Waals surface area contributed by atoms with Crippen LogP contribution in [0.4, 0.5) is 0 Å². The van der Waals surface area contributed by atoms with Gasteiger partial charge in [-0.05, 0) is 49.4 Å². The molecular formula is C21H20BrN3O6. The lowest BCUT2D eigenvalue weighted by Gasteiger charge is -2.23. The highest BCUT2D eigenvalue weighted by Gasteiger charge is 2.60. The number of carbonyl (C=O) groups excluding carboxylic acids is 5. The maximum Gasteiger partial charge on any atom is 0.329 e. The average molecular weight is 490 g/mol. The van der Waals surface area contributed by atoms with Crippen LogP contribution in [0, 0.1) is 23.7 Å². The Kier molecular flexibility index (Phi) is 5.65. The fourth-order valence-electron chi connectivity index (χ4n) is 4.51. The molecule has 2 aliphatic carbocycles. The summed E-state index contributed by atoms with van der Waals surface area (Å²) in [5, 5.41) is 0. The van der Waals surface area contributed by atoms with Crippen LogP contribution in [0.1, 0.15) is 23.7 Å². The highest BCUT2D eigenvalue weighted by molar-refractivity contribution is 9.10. The maximum atomic E-state index is 12.7. The molecule has 1 heterocycles. The standard InChI is InChI=1S/C21H20BrN3O6/c1-10(25-19(28)16-12-2-3-13(8-12)17(16)20(25)29)21(30)31-9-15(26)23-24-18(27)11-4-6-14(22)7-5-11/h2-7,10,12-13,16-17H,8-9H2,1H3,(H,23,26)(H,24,27)/t10-,12+,13+,16-,17+/m1/s1. The number of fused-ring (bicyclic) bond motifs is 5. The summed E-state index contributed by atoms with van der Waals surface area (Å²) in [7, 11) is 0. The van der Waals surface area contributed by atoms with Crippen molar-refractivity contribution in [2.45, 2.75) is 19.4 Å². The molecule has 1 aromatic rings. The van der Waals surface area contributed by atoms with Gasteiger partial charge in [-0.25, -0.2) is 4.79 Å². The minimum Gasteiger partial charge on any atom is -0.454 e. The number of esters is 1. The predicted molar refractivity (Wildman–Crippen MR) is 110 cm³/mol. The van der Waals surface area contributed by atoms with Crippen molar-refractivity contribution < 1.29 is 28.7 Å². The molecule has 9 nitrogen and oxygen atoms in total. The Morgan fingerprint density at radius 2 is 1.65 bits per heavy atom. The van der Waals surface area contributed by atoms with Gasteiger partial charge in [-0.15, -0.1) is 0 Å². The van der Waals surface area contributed by atoms with Crippen molar-refractivity contribution in [2.24, 2.45) is 23.7 Å². The van der Waals surface area contributed by atoms with Crippen LogP contribution in [0.2, 0.25) is 0 Å². The molecule has 2 fully saturated rings. The molecule has 162 valence electrons. The summed E-state index contributed by atoms with van der Waals surface area (Å²) in [4.78, 5) is 62.7. The second kappa shape index (κ2) is 8.26. The summed E-state index contributed by atoms with van der Waals surface area (Å²) in [6.07, 6.45) is 4.73. The number of halogens is 1. The van der Waals surface area contributed by atoms with Crippen LogP contribution < -0.4 is 10.9 Å². The minimum atomic E-state index is -1.13. The van der Waals surface area contributed by atoms with Gasteiger partial charge in [0, 0.05) is 10.0 Å². The van der Waals surface area contributed by atoms with Crippen LogP contribution in [0.3, 0.4) is 0 Å². The Labute approximate surface area is 186 Å². The summed E-state index contributed by atoms with van der Waals surface area (Å²) in [6, 6.07) is 5.35. The Balaban J connectivity index is 1.26. The monoisotopic (exact) mass is 489 g/mol. The number of allylic oxidation sites excluding steroid dienone is 2. The highest BCUT2D eigenvalue weighted by Crippen LogP contribution is 2.52. The second-order valence-corrected chi connectivity index (χ2v) is 8.75. The molecule has 4 amide bonds. The minimum absolute atomic E-state index is 0.0415. The number of ether oxygens (including phenoxy) is 1. The molecule has 1 aromatic carbocycles. The van der Waals surface area contributed by atoms with E-state index in [-0.39, 0.29) is 23.7 Å². The lowest BCUT2D eigenvalue weighted by molar-refractivity contribution is -0.160. The van der Waals surface area contributed by atoms with E-state index in [9.17, 15) is 24.0 Å². The van der Waals surface area contributed by atoms with E-state index >= 15 is 0 Å². The summed E-state index contributed by atoms with van der Waals surface area (Å²) < 4.78 is 5.75. The molecule has 1 saturated carbocycles. The van der Waals surface area contributed by atoms with Gasteiger partial charge in [0.05, 0.1) is 11.8 Å². The van der Waals surface area contributed by atoms with Crippen molar-refractivity contribution >= 4 is 45.5 Å². The molecule has 31 heavy (non-hydrogen) atoms. The molecule has 2 N–H and O–H groups in total. The van der Waals surface area contributed by atoms with E-state index in [0.29, 0.717) is 5.56 Å². The third-order valence-electron chi connectivity index (χ3n) is 6.00. The largest absolute Gasteiger partial charge is 0.454 e. The number of benzene rings is 1. The zero-order valence-electron chi connectivity index (χ0n) is 16.5. The van der Waals surface area contributed by atoms with E-state index in [1.54, 1.807) is 24.3 Å². The van der Waals surface area contributed by atoms with Crippen LogP contribution >= 0.6 is 15.9 Å². The van der Waals surface area contributed by atoms with Crippen LogP contribution in [0.5, 0.6) is 0 Å². The lowest BCUT2D eigenvalue weighted by atomic mass is 9.85. The molecule has 2 bridgehead atoms. The Hall–Kier alpha value is -3.01. The van der Waals surface area contributed by atoms with Crippen molar-refractivity contribution in [3.63, 3.8) is 0 Å². The second-order valence-electron chi connectivity index (χ2n) is 7.84. The molecule has 0 aromatic heterocycles. The average Bonchev–Trinajstić information content (AvgIpc) is 3.44. The number of hydrogen-bond acceptors (Lipinski definition) is 6. The van der Waals surface area contributed by atoms with Gasteiger partial charge in [0.15, 0.2) is 6.61 Å². The molecule has 4 rings (SSSR count). The number of rotatable bonds is 5. The van der Waals surface area contributed by atoms with Crippen LogP contribution in [-0.2, 0) is 23.9 Å². The van der Waals surface area contributed by atoms with Gasteiger partial charge in [-0.3, -0.25) is 34.9 Å². The van der Waals surface area contributed by atoms with Gasteiger partial charge in [0.1, 0.15) is 6.04 Å². The molecule has 5 atom stereocenters. The topological polar surface area (TPSA) is 122 Å². The van der Waals surface area contributed by atoms with Gasteiger partial charge >= 0.3 is 5.97 Å². The van der Waals surface area contributed by atoms with Crippen LogP contribution in [0.25, 0.3) is 0 Å². The Morgan fingerprint density at radius 1 is 1.06 bits per heavy atom. The smallest absolute Gasteiger partial charge is 0.329 e. The van der Waals surface area contributed by atoms with Gasteiger partial charge in [0.2, 0.25) is 11.8 Å². The number of hydrogen-bond donors (Lipinski definition) is 2. The highest BCUT2D eigenvalue weighted by atomic mass is 79.9. The molecule has 1 aliphatic heterocycles. The molecule has 0 spiro atoms. The maximum absolute atomic E-state index is 12.7. The molecule has 0 unspecified atom stereocenters. The first-order chi connectivity index (χ1) is 14.8. The fraction of sp³-hybridized carbons (Fsp3) is 0.381. The number of nitrogens with one attached hydrogen (secondary N) is 2. The van der Waals surface area contributed by atoms with Crippen LogP contribution in [-0.4, -0.2) is 47.1 Å². The van der Waals surface area contributed by atoms with Gasteiger partial charge < -0.3 is 4.74 Å². The summed E-state index contributed by atoms with van der Waals surface area (Å²) >= 11 is 3.26. The van der Waals surface area contributed by atoms with Gasteiger partial charge in [-0.2, -0.15) is 0 Å². The SMILES string of the molecule is C[C@H](C(=O)OCC(=O)NNC(=O)c1ccc(Br)cc1)N1C(=O)[C@@H]2[C@H](C1=O)[C@H]1C=C[C@H]2C1.